The quantitative estimate of drug-likeness (QED) is 0.405. The molecule has 9 heteroatoms. The molecule has 2 aromatic carbocycles. The van der Waals surface area contributed by atoms with Crippen molar-refractivity contribution in [1.82, 2.24) is 4.98 Å². The van der Waals surface area contributed by atoms with Gasteiger partial charge in [-0.1, -0.05) is 0 Å². The fourth-order valence-electron chi connectivity index (χ4n) is 2.69. The first kappa shape index (κ1) is 16.3. The zero-order valence-corrected chi connectivity index (χ0v) is 14.1. The van der Waals surface area contributed by atoms with Crippen molar-refractivity contribution in [3.8, 4) is 17.2 Å². The maximum Gasteiger partial charge on any atom is 0.349 e. The molecule has 0 aliphatic heterocycles. The predicted molar refractivity (Wildman–Crippen MR) is 91.7 cm³/mol. The molecule has 132 valence electrons. The molecule has 0 spiro atoms. The van der Waals surface area contributed by atoms with Gasteiger partial charge in [-0.05, 0) is 42.8 Å². The van der Waals surface area contributed by atoms with Gasteiger partial charge in [0.25, 0.3) is 10.1 Å². The van der Waals surface area contributed by atoms with E-state index in [1.54, 1.807) is 19.1 Å². The van der Waals surface area contributed by atoms with E-state index in [0.29, 0.717) is 10.9 Å². The van der Waals surface area contributed by atoms with E-state index in [9.17, 15) is 22.9 Å². The molecule has 2 aromatic heterocycles. The van der Waals surface area contributed by atoms with E-state index in [0.717, 1.165) is 0 Å². The molecule has 0 aliphatic carbocycles. The number of rotatable bonds is 2. The highest BCUT2D eigenvalue weighted by Crippen LogP contribution is 2.30. The van der Waals surface area contributed by atoms with Gasteiger partial charge >= 0.3 is 5.63 Å². The van der Waals surface area contributed by atoms with Gasteiger partial charge in [0, 0.05) is 11.5 Å². The Morgan fingerprint density at radius 1 is 1.08 bits per heavy atom. The van der Waals surface area contributed by atoms with Crippen LogP contribution >= 0.6 is 0 Å². The Morgan fingerprint density at radius 3 is 2.58 bits per heavy atom. The number of nitrogens with zero attached hydrogens (tertiary/aromatic N) is 1. The smallest absolute Gasteiger partial charge is 0.349 e. The van der Waals surface area contributed by atoms with E-state index in [4.69, 9.17) is 8.83 Å². The summed E-state index contributed by atoms with van der Waals surface area (Å²) in [5.74, 6) is -0.192. The Balaban J connectivity index is 2.01. The number of hydrogen-bond acceptors (Lipinski definition) is 7. The lowest BCUT2D eigenvalue weighted by molar-refractivity contribution is 0.473. The van der Waals surface area contributed by atoms with Gasteiger partial charge in [0.05, 0.1) is 0 Å². The number of fused-ring (bicyclic) bond motifs is 2. The SMILES string of the molecule is Cc1cc(S(=O)(=O)O)c2oc(-c3cc4ccc(O)cc4oc3=O)nc2c1. The van der Waals surface area contributed by atoms with Crippen LogP contribution in [0.2, 0.25) is 0 Å². The maximum absolute atomic E-state index is 12.3. The topological polar surface area (TPSA) is 131 Å². The molecule has 0 atom stereocenters. The Bertz CT molecular complexity index is 1350. The summed E-state index contributed by atoms with van der Waals surface area (Å²) in [5.41, 5.74) is -0.0235. The number of benzene rings is 2. The average molecular weight is 373 g/mol. The first-order valence-corrected chi connectivity index (χ1v) is 8.82. The highest BCUT2D eigenvalue weighted by Gasteiger charge is 2.22. The van der Waals surface area contributed by atoms with Gasteiger partial charge in [0.15, 0.2) is 5.58 Å². The average Bonchev–Trinajstić information content (AvgIpc) is 2.95. The molecule has 0 amide bonds. The number of aromatic hydroxyl groups is 1. The van der Waals surface area contributed by atoms with Gasteiger partial charge in [-0.3, -0.25) is 4.55 Å². The second-order valence-corrected chi connectivity index (χ2v) is 7.17. The van der Waals surface area contributed by atoms with Crippen molar-refractivity contribution in [2.75, 3.05) is 0 Å². The highest BCUT2D eigenvalue weighted by molar-refractivity contribution is 7.86. The van der Waals surface area contributed by atoms with Gasteiger partial charge < -0.3 is 13.9 Å². The molecular formula is C17H11NO7S. The van der Waals surface area contributed by atoms with Crippen LogP contribution in [0.25, 0.3) is 33.5 Å². The van der Waals surface area contributed by atoms with Gasteiger partial charge in [-0.15, -0.1) is 0 Å². The van der Waals surface area contributed by atoms with E-state index in [-0.39, 0.29) is 33.9 Å². The fraction of sp³-hybridized carbons (Fsp3) is 0.0588. The summed E-state index contributed by atoms with van der Waals surface area (Å²) in [4.78, 5) is 16.0. The van der Waals surface area contributed by atoms with Crippen LogP contribution in [0.5, 0.6) is 5.75 Å². The number of oxazole rings is 1. The molecule has 0 fully saturated rings. The summed E-state index contributed by atoms with van der Waals surface area (Å²) >= 11 is 0. The van der Waals surface area contributed by atoms with Crippen molar-refractivity contribution >= 4 is 32.2 Å². The number of hydrogen-bond donors (Lipinski definition) is 2. The van der Waals surface area contributed by atoms with Crippen molar-refractivity contribution in [1.29, 1.82) is 0 Å². The summed E-state index contributed by atoms with van der Waals surface area (Å²) in [6, 6.07) is 8.55. The molecule has 4 rings (SSSR count). The fourth-order valence-corrected chi connectivity index (χ4v) is 3.41. The molecule has 0 aliphatic rings. The van der Waals surface area contributed by atoms with Crippen molar-refractivity contribution in [2.45, 2.75) is 11.8 Å². The highest BCUT2D eigenvalue weighted by atomic mass is 32.2. The molecule has 0 radical (unpaired) electrons. The molecule has 0 saturated heterocycles. The van der Waals surface area contributed by atoms with Crippen LogP contribution in [0.1, 0.15) is 5.56 Å². The lowest BCUT2D eigenvalue weighted by Gasteiger charge is -2.00. The molecule has 26 heavy (non-hydrogen) atoms. The zero-order valence-electron chi connectivity index (χ0n) is 13.3. The van der Waals surface area contributed by atoms with Crippen LogP contribution in [-0.4, -0.2) is 23.1 Å². The Kier molecular flexibility index (Phi) is 3.40. The summed E-state index contributed by atoms with van der Waals surface area (Å²) in [5, 5.41) is 9.98. The minimum Gasteiger partial charge on any atom is -0.508 e. The standard InChI is InChI=1S/C17H11NO7S/c1-8-4-12-15(14(5-8)26(21,22)23)25-16(18-12)11-6-9-2-3-10(19)7-13(9)24-17(11)20/h2-7,19H,1H3,(H,21,22,23). The van der Waals surface area contributed by atoms with E-state index in [2.05, 4.69) is 4.98 Å². The van der Waals surface area contributed by atoms with Gasteiger partial charge in [-0.2, -0.15) is 8.42 Å². The van der Waals surface area contributed by atoms with Crippen molar-refractivity contribution in [3.05, 3.63) is 52.4 Å². The molecule has 2 N–H and O–H groups in total. The van der Waals surface area contributed by atoms with E-state index in [1.165, 1.54) is 24.3 Å². The molecule has 0 saturated carbocycles. The first-order chi connectivity index (χ1) is 12.2. The molecule has 2 heterocycles. The Labute approximate surface area is 146 Å². The Hall–Kier alpha value is -3.17. The van der Waals surface area contributed by atoms with Crippen LogP contribution in [0.15, 0.2) is 54.9 Å². The van der Waals surface area contributed by atoms with Crippen LogP contribution in [0.3, 0.4) is 0 Å². The zero-order chi connectivity index (χ0) is 18.6. The molecule has 8 nitrogen and oxygen atoms in total. The molecule has 4 aromatic rings. The van der Waals surface area contributed by atoms with Gasteiger partial charge in [0.2, 0.25) is 5.89 Å². The van der Waals surface area contributed by atoms with E-state index >= 15 is 0 Å². The van der Waals surface area contributed by atoms with Gasteiger partial charge in [0.1, 0.15) is 27.3 Å². The van der Waals surface area contributed by atoms with E-state index in [1.807, 2.05) is 0 Å². The monoisotopic (exact) mass is 373 g/mol. The summed E-state index contributed by atoms with van der Waals surface area (Å²) in [7, 11) is -4.53. The second-order valence-electron chi connectivity index (χ2n) is 5.78. The summed E-state index contributed by atoms with van der Waals surface area (Å²) in [6.45, 7) is 1.64. The molecule has 0 bridgehead atoms. The summed E-state index contributed by atoms with van der Waals surface area (Å²) < 4.78 is 43.2. The largest absolute Gasteiger partial charge is 0.508 e. The van der Waals surface area contributed by atoms with Crippen molar-refractivity contribution in [2.24, 2.45) is 0 Å². The lowest BCUT2D eigenvalue weighted by atomic mass is 10.2. The third-order valence-electron chi connectivity index (χ3n) is 3.83. The third-order valence-corrected chi connectivity index (χ3v) is 4.69. The minimum absolute atomic E-state index is 0.0154. The number of phenols is 1. The van der Waals surface area contributed by atoms with Crippen LogP contribution < -0.4 is 5.63 Å². The molecule has 0 unspecified atom stereocenters. The van der Waals surface area contributed by atoms with E-state index < -0.39 is 20.6 Å². The second kappa shape index (κ2) is 5.41. The normalized spacial score (nSPS) is 12.1. The minimum atomic E-state index is -4.53. The third kappa shape index (κ3) is 2.63. The van der Waals surface area contributed by atoms with Crippen LogP contribution in [0.4, 0.5) is 0 Å². The Morgan fingerprint density at radius 2 is 1.85 bits per heavy atom. The number of aryl methyl sites for hydroxylation is 1. The van der Waals surface area contributed by atoms with Gasteiger partial charge in [-0.25, -0.2) is 9.78 Å². The maximum atomic E-state index is 12.3. The number of aromatic nitrogens is 1. The number of phenolic OH excluding ortho intramolecular Hbond substituents is 1. The van der Waals surface area contributed by atoms with Crippen LogP contribution in [-0.2, 0) is 10.1 Å². The van der Waals surface area contributed by atoms with Crippen LogP contribution in [0, 0.1) is 6.92 Å². The predicted octanol–water partition coefficient (Wildman–Crippen LogP) is 2.86. The first-order valence-electron chi connectivity index (χ1n) is 7.38. The lowest BCUT2D eigenvalue weighted by Crippen LogP contribution is -2.02. The van der Waals surface area contributed by atoms with Crippen molar-refractivity contribution in [3.63, 3.8) is 0 Å². The molecular weight excluding hydrogens is 362 g/mol. The summed E-state index contributed by atoms with van der Waals surface area (Å²) in [6.07, 6.45) is 0. The van der Waals surface area contributed by atoms with Crippen molar-refractivity contribution < 1.29 is 26.9 Å².